The smallest absolute Gasteiger partial charge is 0.182 e. The summed E-state index contributed by atoms with van der Waals surface area (Å²) >= 11 is 5.85. The molecule has 1 aromatic carbocycles. The highest BCUT2D eigenvalue weighted by Gasteiger charge is 2.34. The molecule has 0 fully saturated rings. The van der Waals surface area contributed by atoms with Crippen LogP contribution in [0.3, 0.4) is 0 Å². The number of fused-ring (bicyclic) bond motifs is 1. The molecule has 0 spiro atoms. The van der Waals surface area contributed by atoms with Gasteiger partial charge in [-0.2, -0.15) is 0 Å². The molecular formula is C11H12ClNO. The Bertz CT molecular complexity index is 398. The van der Waals surface area contributed by atoms with E-state index >= 15 is 0 Å². The Kier molecular flexibility index (Phi) is 2.13. The van der Waals surface area contributed by atoms with Gasteiger partial charge in [-0.15, -0.1) is 0 Å². The monoisotopic (exact) mass is 209 g/mol. The maximum Gasteiger partial charge on any atom is 0.182 e. The lowest BCUT2D eigenvalue weighted by atomic mass is 9.79. The molecule has 3 heteroatoms. The zero-order valence-corrected chi connectivity index (χ0v) is 8.77. The first-order valence-corrected chi connectivity index (χ1v) is 5.00. The Labute approximate surface area is 88.1 Å². The van der Waals surface area contributed by atoms with E-state index in [1.54, 1.807) is 19.1 Å². The molecule has 0 bridgehead atoms. The van der Waals surface area contributed by atoms with E-state index in [0.717, 1.165) is 17.5 Å². The third-order valence-corrected chi connectivity index (χ3v) is 2.98. The first-order chi connectivity index (χ1) is 6.50. The maximum atomic E-state index is 11.9. The molecule has 0 aromatic heterocycles. The van der Waals surface area contributed by atoms with E-state index in [1.165, 1.54) is 0 Å². The van der Waals surface area contributed by atoms with E-state index in [4.69, 9.17) is 17.3 Å². The molecule has 2 nitrogen and oxygen atoms in total. The molecule has 0 saturated carbocycles. The number of benzene rings is 1. The molecule has 2 N–H and O–H groups in total. The minimum atomic E-state index is -0.708. The molecule has 14 heavy (non-hydrogen) atoms. The summed E-state index contributed by atoms with van der Waals surface area (Å²) in [5.41, 5.74) is 6.93. The maximum absolute atomic E-state index is 11.9. The minimum Gasteiger partial charge on any atom is -0.319 e. The van der Waals surface area contributed by atoms with Crippen LogP contribution in [0, 0.1) is 0 Å². The van der Waals surface area contributed by atoms with Gasteiger partial charge in [-0.3, -0.25) is 4.79 Å². The van der Waals surface area contributed by atoms with Crippen molar-refractivity contribution in [2.45, 2.75) is 25.3 Å². The van der Waals surface area contributed by atoms with E-state index in [0.29, 0.717) is 11.4 Å². The lowest BCUT2D eigenvalue weighted by molar-refractivity contribution is 0.0882. The Hall–Kier alpha value is -0.860. The molecule has 0 aliphatic heterocycles. The van der Waals surface area contributed by atoms with E-state index in [9.17, 15) is 4.79 Å². The van der Waals surface area contributed by atoms with Gasteiger partial charge in [0, 0.05) is 10.6 Å². The van der Waals surface area contributed by atoms with E-state index in [1.807, 2.05) is 6.07 Å². The minimum absolute atomic E-state index is 0.0235. The van der Waals surface area contributed by atoms with Gasteiger partial charge in [-0.05, 0) is 43.5 Å². The summed E-state index contributed by atoms with van der Waals surface area (Å²) in [6, 6.07) is 5.36. The number of halogens is 1. The summed E-state index contributed by atoms with van der Waals surface area (Å²) < 4.78 is 0. The van der Waals surface area contributed by atoms with Gasteiger partial charge in [0.1, 0.15) is 0 Å². The van der Waals surface area contributed by atoms with Gasteiger partial charge >= 0.3 is 0 Å². The Morgan fingerprint density at radius 2 is 2.21 bits per heavy atom. The van der Waals surface area contributed by atoms with Crippen LogP contribution in [-0.2, 0) is 6.42 Å². The van der Waals surface area contributed by atoms with Gasteiger partial charge in [0.05, 0.1) is 5.54 Å². The summed E-state index contributed by atoms with van der Waals surface area (Å²) in [6.45, 7) is 1.78. The molecule has 0 radical (unpaired) electrons. The molecule has 74 valence electrons. The second-order valence-electron chi connectivity index (χ2n) is 4.05. The fourth-order valence-corrected chi connectivity index (χ4v) is 2.00. The molecule has 0 heterocycles. The predicted molar refractivity (Wildman–Crippen MR) is 56.7 cm³/mol. The lowest BCUT2D eigenvalue weighted by Crippen LogP contribution is -2.48. The summed E-state index contributed by atoms with van der Waals surface area (Å²) in [5, 5.41) is 0.678. The van der Waals surface area contributed by atoms with Crippen LogP contribution in [0.4, 0.5) is 0 Å². The molecular weight excluding hydrogens is 198 g/mol. The summed E-state index contributed by atoms with van der Waals surface area (Å²) in [5.74, 6) is 0.0235. The highest BCUT2D eigenvalue weighted by atomic mass is 35.5. The third kappa shape index (κ3) is 1.45. The van der Waals surface area contributed by atoms with Crippen molar-refractivity contribution in [2.75, 3.05) is 0 Å². The van der Waals surface area contributed by atoms with Gasteiger partial charge in [0.2, 0.25) is 0 Å². The highest BCUT2D eigenvalue weighted by molar-refractivity contribution is 6.30. The Morgan fingerprint density at radius 1 is 1.50 bits per heavy atom. The fraction of sp³-hybridized carbons (Fsp3) is 0.364. The van der Waals surface area contributed by atoms with Gasteiger partial charge in [0.25, 0.3) is 0 Å². The third-order valence-electron chi connectivity index (χ3n) is 2.74. The number of aryl methyl sites for hydroxylation is 1. The van der Waals surface area contributed by atoms with Gasteiger partial charge in [-0.25, -0.2) is 0 Å². The van der Waals surface area contributed by atoms with Crippen LogP contribution in [0.25, 0.3) is 0 Å². The SMILES string of the molecule is CC1(N)CCc2cc(Cl)ccc2C1=O. The number of carbonyl (C=O) groups is 1. The van der Waals surface area contributed by atoms with E-state index in [2.05, 4.69) is 0 Å². The Balaban J connectivity index is 2.52. The second kappa shape index (κ2) is 3.07. The number of rotatable bonds is 0. The van der Waals surface area contributed by atoms with Crippen molar-refractivity contribution in [1.29, 1.82) is 0 Å². The van der Waals surface area contributed by atoms with Crippen LogP contribution in [-0.4, -0.2) is 11.3 Å². The molecule has 1 unspecified atom stereocenters. The fourth-order valence-electron chi connectivity index (χ4n) is 1.81. The van der Waals surface area contributed by atoms with Crippen LogP contribution in [0.1, 0.15) is 29.3 Å². The molecule has 1 atom stereocenters. The zero-order valence-electron chi connectivity index (χ0n) is 8.01. The van der Waals surface area contributed by atoms with Crippen molar-refractivity contribution in [3.8, 4) is 0 Å². The Morgan fingerprint density at radius 3 is 2.93 bits per heavy atom. The molecule has 1 aliphatic carbocycles. The predicted octanol–water partition coefficient (Wildman–Crippen LogP) is 2.19. The normalized spacial score (nSPS) is 26.1. The molecule has 0 amide bonds. The summed E-state index contributed by atoms with van der Waals surface area (Å²) in [4.78, 5) is 11.9. The van der Waals surface area contributed by atoms with Crippen molar-refractivity contribution in [2.24, 2.45) is 5.73 Å². The number of ketones is 1. The molecule has 2 rings (SSSR count). The number of hydrogen-bond acceptors (Lipinski definition) is 2. The van der Waals surface area contributed by atoms with Crippen LogP contribution in [0.2, 0.25) is 5.02 Å². The molecule has 0 saturated heterocycles. The van der Waals surface area contributed by atoms with Crippen LogP contribution >= 0.6 is 11.6 Å². The summed E-state index contributed by atoms with van der Waals surface area (Å²) in [7, 11) is 0. The topological polar surface area (TPSA) is 43.1 Å². The van der Waals surface area contributed by atoms with Gasteiger partial charge < -0.3 is 5.73 Å². The first-order valence-electron chi connectivity index (χ1n) is 4.63. The standard InChI is InChI=1S/C11H12ClNO/c1-11(13)5-4-7-6-8(12)2-3-9(7)10(11)14/h2-3,6H,4-5,13H2,1H3. The van der Waals surface area contributed by atoms with Gasteiger partial charge in [0.15, 0.2) is 5.78 Å². The van der Waals surface area contributed by atoms with E-state index in [-0.39, 0.29) is 5.78 Å². The van der Waals surface area contributed by atoms with Crippen molar-refractivity contribution in [3.63, 3.8) is 0 Å². The molecule has 1 aliphatic rings. The van der Waals surface area contributed by atoms with Gasteiger partial charge in [-0.1, -0.05) is 11.6 Å². The highest BCUT2D eigenvalue weighted by Crippen LogP contribution is 2.28. The first kappa shape index (κ1) is 9.69. The lowest BCUT2D eigenvalue weighted by Gasteiger charge is -2.29. The largest absolute Gasteiger partial charge is 0.319 e. The average molecular weight is 210 g/mol. The zero-order chi connectivity index (χ0) is 10.3. The molecule has 1 aromatic rings. The van der Waals surface area contributed by atoms with E-state index < -0.39 is 5.54 Å². The van der Waals surface area contributed by atoms with Crippen LogP contribution in [0.15, 0.2) is 18.2 Å². The van der Waals surface area contributed by atoms with Crippen LogP contribution in [0.5, 0.6) is 0 Å². The second-order valence-corrected chi connectivity index (χ2v) is 4.48. The van der Waals surface area contributed by atoms with Crippen molar-refractivity contribution in [3.05, 3.63) is 34.3 Å². The number of Topliss-reactive ketones (excluding diaryl/α,β-unsaturated/α-hetero) is 1. The summed E-state index contributed by atoms with van der Waals surface area (Å²) in [6.07, 6.45) is 1.52. The quantitative estimate of drug-likeness (QED) is 0.712. The van der Waals surface area contributed by atoms with Crippen LogP contribution < -0.4 is 5.73 Å². The van der Waals surface area contributed by atoms with Crippen molar-refractivity contribution in [1.82, 2.24) is 0 Å². The average Bonchev–Trinajstić information content (AvgIpc) is 2.12. The number of hydrogen-bond donors (Lipinski definition) is 1. The van der Waals surface area contributed by atoms with Crippen molar-refractivity contribution >= 4 is 17.4 Å². The number of carbonyl (C=O) groups excluding carboxylic acids is 1. The van der Waals surface area contributed by atoms with Crippen molar-refractivity contribution < 1.29 is 4.79 Å². The number of nitrogens with two attached hydrogens (primary N) is 1.